The van der Waals surface area contributed by atoms with E-state index in [-0.39, 0.29) is 23.6 Å². The van der Waals surface area contributed by atoms with Crippen molar-refractivity contribution in [1.82, 2.24) is 24.7 Å². The van der Waals surface area contributed by atoms with Crippen molar-refractivity contribution >= 4 is 0 Å². The van der Waals surface area contributed by atoms with Crippen LogP contribution in [0.3, 0.4) is 0 Å². The molecule has 2 aliphatic rings. The average Bonchev–Trinajstić information content (AvgIpc) is 3.33. The zero-order chi connectivity index (χ0) is 15.8. The van der Waals surface area contributed by atoms with Gasteiger partial charge in [0.2, 0.25) is 0 Å². The Hall–Kier alpha value is -2.02. The van der Waals surface area contributed by atoms with Gasteiger partial charge in [-0.25, -0.2) is 9.18 Å². The lowest BCUT2D eigenvalue weighted by Gasteiger charge is -2.31. The van der Waals surface area contributed by atoms with Gasteiger partial charge in [0.15, 0.2) is 0 Å². The molecule has 4 rings (SSSR count). The summed E-state index contributed by atoms with van der Waals surface area (Å²) in [6.45, 7) is 2.28. The summed E-state index contributed by atoms with van der Waals surface area (Å²) in [7, 11) is 0. The Morgan fingerprint density at radius 2 is 1.61 bits per heavy atom. The molecule has 23 heavy (non-hydrogen) atoms. The molecule has 1 saturated heterocycles. The summed E-state index contributed by atoms with van der Waals surface area (Å²) in [5, 5.41) is 8.07. The maximum Gasteiger partial charge on any atom is 0.364 e. The highest BCUT2D eigenvalue weighted by atomic mass is 19.1. The number of halogens is 1. The van der Waals surface area contributed by atoms with Crippen LogP contribution in [0, 0.1) is 5.82 Å². The first-order valence-corrected chi connectivity index (χ1v) is 8.22. The van der Waals surface area contributed by atoms with Crippen LogP contribution in [-0.4, -0.2) is 37.8 Å². The molecule has 1 aliphatic carbocycles. The number of benzene rings is 1. The SMILES string of the molecule is O=c1n(C2CC2)nnn1C1CCN(Cc2ccccc2F)CC1. The van der Waals surface area contributed by atoms with E-state index in [1.807, 2.05) is 12.1 Å². The number of piperidine rings is 1. The summed E-state index contributed by atoms with van der Waals surface area (Å²) >= 11 is 0. The molecule has 2 fully saturated rings. The van der Waals surface area contributed by atoms with E-state index in [4.69, 9.17) is 0 Å². The Kier molecular flexibility index (Phi) is 3.72. The second-order valence-electron chi connectivity index (χ2n) is 6.48. The van der Waals surface area contributed by atoms with E-state index in [1.54, 1.807) is 10.7 Å². The molecule has 1 aliphatic heterocycles. The van der Waals surface area contributed by atoms with Gasteiger partial charge in [-0.2, -0.15) is 9.36 Å². The minimum absolute atomic E-state index is 0.0833. The zero-order valence-electron chi connectivity index (χ0n) is 12.9. The molecular formula is C16H20FN5O. The highest BCUT2D eigenvalue weighted by molar-refractivity contribution is 5.17. The van der Waals surface area contributed by atoms with Crippen LogP contribution < -0.4 is 5.69 Å². The molecule has 0 unspecified atom stereocenters. The summed E-state index contributed by atoms with van der Waals surface area (Å²) in [5.74, 6) is -0.154. The molecule has 0 bridgehead atoms. The van der Waals surface area contributed by atoms with Crippen molar-refractivity contribution in [3.63, 3.8) is 0 Å². The predicted molar refractivity (Wildman–Crippen MR) is 82.5 cm³/mol. The fraction of sp³-hybridized carbons (Fsp3) is 0.562. The Morgan fingerprint density at radius 3 is 2.22 bits per heavy atom. The van der Waals surface area contributed by atoms with E-state index in [0.29, 0.717) is 6.54 Å². The van der Waals surface area contributed by atoms with Gasteiger partial charge in [0.1, 0.15) is 5.82 Å². The molecular weight excluding hydrogens is 297 g/mol. The van der Waals surface area contributed by atoms with E-state index in [2.05, 4.69) is 15.3 Å². The van der Waals surface area contributed by atoms with Gasteiger partial charge in [-0.15, -0.1) is 0 Å². The fourth-order valence-corrected chi connectivity index (χ4v) is 3.23. The summed E-state index contributed by atoms with van der Waals surface area (Å²) in [6, 6.07) is 7.26. The van der Waals surface area contributed by atoms with Gasteiger partial charge in [-0.05, 0) is 42.2 Å². The average molecular weight is 317 g/mol. The molecule has 0 atom stereocenters. The highest BCUT2D eigenvalue weighted by Crippen LogP contribution is 2.32. The van der Waals surface area contributed by atoms with Crippen LogP contribution in [0.4, 0.5) is 4.39 Å². The molecule has 0 radical (unpaired) electrons. The Labute approximate surface area is 133 Å². The van der Waals surface area contributed by atoms with Gasteiger partial charge < -0.3 is 0 Å². The van der Waals surface area contributed by atoms with Crippen molar-refractivity contribution in [2.24, 2.45) is 0 Å². The molecule has 0 N–H and O–H groups in total. The van der Waals surface area contributed by atoms with Gasteiger partial charge in [0, 0.05) is 25.2 Å². The molecule has 1 aromatic carbocycles. The van der Waals surface area contributed by atoms with Crippen molar-refractivity contribution in [3.05, 3.63) is 46.1 Å². The third-order valence-electron chi connectivity index (χ3n) is 4.77. The number of nitrogens with zero attached hydrogens (tertiary/aromatic N) is 5. The van der Waals surface area contributed by atoms with Crippen LogP contribution in [-0.2, 0) is 6.54 Å². The first kappa shape index (κ1) is 14.6. The third kappa shape index (κ3) is 2.93. The van der Waals surface area contributed by atoms with Crippen molar-refractivity contribution in [1.29, 1.82) is 0 Å². The third-order valence-corrected chi connectivity index (χ3v) is 4.77. The lowest BCUT2D eigenvalue weighted by Crippen LogP contribution is -2.38. The minimum Gasteiger partial charge on any atom is -0.299 e. The molecule has 7 heteroatoms. The number of hydrogen-bond acceptors (Lipinski definition) is 4. The number of aromatic nitrogens is 4. The first-order chi connectivity index (χ1) is 11.2. The van der Waals surface area contributed by atoms with Crippen LogP contribution in [0.15, 0.2) is 29.1 Å². The molecule has 2 aromatic rings. The monoisotopic (exact) mass is 317 g/mol. The molecule has 0 amide bonds. The standard InChI is InChI=1S/C16H20FN5O/c17-15-4-2-1-3-12(15)11-20-9-7-14(8-10-20)22-16(23)21(18-19-22)13-5-6-13/h1-4,13-14H,5-11H2. The van der Waals surface area contributed by atoms with E-state index in [0.717, 1.165) is 44.3 Å². The number of likely N-dealkylation sites (tertiary alicyclic amines) is 1. The molecule has 1 aromatic heterocycles. The van der Waals surface area contributed by atoms with E-state index in [1.165, 1.54) is 10.7 Å². The van der Waals surface area contributed by atoms with Crippen molar-refractivity contribution < 1.29 is 4.39 Å². The summed E-state index contributed by atoms with van der Waals surface area (Å²) in [4.78, 5) is 14.5. The molecule has 122 valence electrons. The lowest BCUT2D eigenvalue weighted by atomic mass is 10.0. The molecule has 1 saturated carbocycles. The van der Waals surface area contributed by atoms with Gasteiger partial charge in [0.05, 0.1) is 12.1 Å². The summed E-state index contributed by atoms with van der Waals surface area (Å²) in [6.07, 6.45) is 3.74. The van der Waals surface area contributed by atoms with Crippen LogP contribution in [0.25, 0.3) is 0 Å². The van der Waals surface area contributed by atoms with Crippen molar-refractivity contribution in [3.8, 4) is 0 Å². The fourth-order valence-electron chi connectivity index (χ4n) is 3.23. The molecule has 6 nitrogen and oxygen atoms in total. The van der Waals surface area contributed by atoms with E-state index < -0.39 is 0 Å². The van der Waals surface area contributed by atoms with Gasteiger partial charge in [-0.3, -0.25) is 4.90 Å². The number of tetrazole rings is 1. The largest absolute Gasteiger partial charge is 0.364 e. The second kappa shape index (κ2) is 5.88. The summed E-state index contributed by atoms with van der Waals surface area (Å²) < 4.78 is 16.8. The molecule has 0 spiro atoms. The molecule has 2 heterocycles. The lowest BCUT2D eigenvalue weighted by molar-refractivity contribution is 0.168. The minimum atomic E-state index is -0.154. The van der Waals surface area contributed by atoms with Gasteiger partial charge in [-0.1, -0.05) is 18.2 Å². The van der Waals surface area contributed by atoms with Gasteiger partial charge >= 0.3 is 5.69 Å². The Morgan fingerprint density at radius 1 is 1.00 bits per heavy atom. The Balaban J connectivity index is 1.39. The Bertz CT molecular complexity index is 743. The number of rotatable bonds is 4. The van der Waals surface area contributed by atoms with Crippen LogP contribution in [0.1, 0.15) is 43.3 Å². The zero-order valence-corrected chi connectivity index (χ0v) is 12.9. The number of hydrogen-bond donors (Lipinski definition) is 0. The topological polar surface area (TPSA) is 56.0 Å². The van der Waals surface area contributed by atoms with Crippen LogP contribution in [0.2, 0.25) is 0 Å². The maximum atomic E-state index is 13.7. The van der Waals surface area contributed by atoms with Gasteiger partial charge in [0.25, 0.3) is 0 Å². The van der Waals surface area contributed by atoms with E-state index >= 15 is 0 Å². The summed E-state index contributed by atoms with van der Waals surface area (Å²) in [5.41, 5.74) is 0.642. The predicted octanol–water partition coefficient (Wildman–Crippen LogP) is 1.75. The smallest absolute Gasteiger partial charge is 0.299 e. The quantitative estimate of drug-likeness (QED) is 0.862. The first-order valence-electron chi connectivity index (χ1n) is 8.22. The van der Waals surface area contributed by atoms with Crippen molar-refractivity contribution in [2.75, 3.05) is 13.1 Å². The van der Waals surface area contributed by atoms with E-state index in [9.17, 15) is 9.18 Å². The van der Waals surface area contributed by atoms with Crippen molar-refractivity contribution in [2.45, 2.75) is 44.3 Å². The van der Waals surface area contributed by atoms with Crippen LogP contribution >= 0.6 is 0 Å². The highest BCUT2D eigenvalue weighted by Gasteiger charge is 2.30. The normalized spacial score (nSPS) is 20.0. The second-order valence-corrected chi connectivity index (χ2v) is 6.48. The maximum absolute atomic E-state index is 13.7. The van der Waals surface area contributed by atoms with Crippen LogP contribution in [0.5, 0.6) is 0 Å².